The van der Waals surface area contributed by atoms with Gasteiger partial charge in [-0.1, -0.05) is 12.1 Å². The molecule has 2 aromatic heterocycles. The first-order chi connectivity index (χ1) is 11.6. The summed E-state index contributed by atoms with van der Waals surface area (Å²) < 4.78 is 31.0. The Morgan fingerprint density at radius 3 is 2.79 bits per heavy atom. The highest BCUT2D eigenvalue weighted by Gasteiger charge is 2.25. The first-order valence-electron chi connectivity index (χ1n) is 8.15. The van der Waals surface area contributed by atoms with Gasteiger partial charge in [-0.3, -0.25) is 9.97 Å². The lowest BCUT2D eigenvalue weighted by Gasteiger charge is -2.32. The van der Waals surface area contributed by atoms with Gasteiger partial charge in [0.05, 0.1) is 6.10 Å². The van der Waals surface area contributed by atoms with Gasteiger partial charge in [-0.2, -0.15) is 0 Å². The van der Waals surface area contributed by atoms with E-state index in [4.69, 9.17) is 4.74 Å². The van der Waals surface area contributed by atoms with Gasteiger partial charge in [0.2, 0.25) is 0 Å². The lowest BCUT2D eigenvalue weighted by Crippen LogP contribution is -2.37. The molecule has 1 unspecified atom stereocenters. The van der Waals surface area contributed by atoms with Crippen molar-refractivity contribution in [3.63, 3.8) is 0 Å². The standard InChI is InChI=1S/C18H21F2N3O/c1-12(13-4-5-16(18(19)20)22-11-13)23-15-6-8-24-17(9-15)14-3-2-7-21-10-14/h2-5,7,10-12,15,17-18,23H,6,8-9H2,1H3/t12?,15-,17-/m1/s1. The summed E-state index contributed by atoms with van der Waals surface area (Å²) in [6.07, 6.45) is 4.40. The number of nitrogens with one attached hydrogen (secondary N) is 1. The maximum Gasteiger partial charge on any atom is 0.280 e. The zero-order chi connectivity index (χ0) is 16.9. The van der Waals surface area contributed by atoms with Crippen LogP contribution < -0.4 is 5.32 Å². The maximum atomic E-state index is 12.6. The van der Waals surface area contributed by atoms with Gasteiger partial charge < -0.3 is 10.1 Å². The second-order valence-electron chi connectivity index (χ2n) is 6.07. The molecule has 0 radical (unpaired) electrons. The molecule has 2 aromatic rings. The third-order valence-electron chi connectivity index (χ3n) is 4.36. The maximum absolute atomic E-state index is 12.6. The Bertz CT molecular complexity index is 636. The third-order valence-corrected chi connectivity index (χ3v) is 4.36. The zero-order valence-electron chi connectivity index (χ0n) is 13.5. The number of alkyl halides is 2. The summed E-state index contributed by atoms with van der Waals surface area (Å²) in [5, 5.41) is 3.56. The Morgan fingerprint density at radius 1 is 1.25 bits per heavy atom. The van der Waals surface area contributed by atoms with Crippen LogP contribution in [0.5, 0.6) is 0 Å². The molecule has 3 heterocycles. The predicted octanol–water partition coefficient (Wildman–Crippen LogP) is 3.99. The number of ether oxygens (including phenoxy) is 1. The SMILES string of the molecule is CC(N[C@@H]1CCO[C@@H](c2cccnc2)C1)c1ccc(C(F)F)nc1. The highest BCUT2D eigenvalue weighted by Crippen LogP contribution is 2.29. The van der Waals surface area contributed by atoms with Crippen LogP contribution in [0.15, 0.2) is 42.9 Å². The highest BCUT2D eigenvalue weighted by molar-refractivity contribution is 5.18. The molecule has 0 spiro atoms. The highest BCUT2D eigenvalue weighted by atomic mass is 19.3. The van der Waals surface area contributed by atoms with Gasteiger partial charge in [-0.25, -0.2) is 8.78 Å². The summed E-state index contributed by atoms with van der Waals surface area (Å²) >= 11 is 0. The molecule has 128 valence electrons. The van der Waals surface area contributed by atoms with Crippen molar-refractivity contribution in [1.82, 2.24) is 15.3 Å². The van der Waals surface area contributed by atoms with Crippen LogP contribution in [0.1, 0.15) is 55.2 Å². The average molecular weight is 333 g/mol. The smallest absolute Gasteiger partial charge is 0.280 e. The van der Waals surface area contributed by atoms with E-state index in [0.717, 1.165) is 24.0 Å². The fraction of sp³-hybridized carbons (Fsp3) is 0.444. The van der Waals surface area contributed by atoms with E-state index in [1.165, 1.54) is 12.3 Å². The number of rotatable bonds is 5. The summed E-state index contributed by atoms with van der Waals surface area (Å²) in [5.74, 6) is 0. The van der Waals surface area contributed by atoms with Crippen molar-refractivity contribution in [2.45, 2.75) is 44.4 Å². The number of hydrogen-bond acceptors (Lipinski definition) is 4. The van der Waals surface area contributed by atoms with Gasteiger partial charge in [0.25, 0.3) is 6.43 Å². The van der Waals surface area contributed by atoms with Crippen molar-refractivity contribution >= 4 is 0 Å². The van der Waals surface area contributed by atoms with Crippen molar-refractivity contribution < 1.29 is 13.5 Å². The van der Waals surface area contributed by atoms with Crippen LogP contribution >= 0.6 is 0 Å². The third kappa shape index (κ3) is 4.13. The van der Waals surface area contributed by atoms with Crippen LogP contribution in [-0.4, -0.2) is 22.6 Å². The van der Waals surface area contributed by atoms with Gasteiger partial charge in [0.1, 0.15) is 5.69 Å². The molecule has 0 aliphatic carbocycles. The second-order valence-corrected chi connectivity index (χ2v) is 6.07. The molecule has 1 N–H and O–H groups in total. The molecule has 3 rings (SSSR count). The monoisotopic (exact) mass is 333 g/mol. The van der Waals surface area contributed by atoms with Crippen molar-refractivity contribution in [1.29, 1.82) is 0 Å². The quantitative estimate of drug-likeness (QED) is 0.899. The number of aromatic nitrogens is 2. The molecule has 3 atom stereocenters. The summed E-state index contributed by atoms with van der Waals surface area (Å²) in [5.41, 5.74) is 1.80. The molecule has 1 saturated heterocycles. The van der Waals surface area contributed by atoms with Crippen molar-refractivity contribution in [2.75, 3.05) is 6.61 Å². The molecule has 6 heteroatoms. The fourth-order valence-electron chi connectivity index (χ4n) is 3.00. The van der Waals surface area contributed by atoms with E-state index >= 15 is 0 Å². The molecule has 1 aliphatic heterocycles. The van der Waals surface area contributed by atoms with E-state index in [9.17, 15) is 8.78 Å². The molecule has 24 heavy (non-hydrogen) atoms. The molecule has 1 fully saturated rings. The van der Waals surface area contributed by atoms with E-state index in [2.05, 4.69) is 15.3 Å². The van der Waals surface area contributed by atoms with Crippen molar-refractivity contribution in [3.05, 3.63) is 59.7 Å². The minimum atomic E-state index is -2.53. The second kappa shape index (κ2) is 7.77. The van der Waals surface area contributed by atoms with E-state index in [1.54, 1.807) is 12.3 Å². The molecule has 4 nitrogen and oxygen atoms in total. The Morgan fingerprint density at radius 2 is 2.12 bits per heavy atom. The molecule has 1 aliphatic rings. The van der Waals surface area contributed by atoms with Crippen LogP contribution in [0.2, 0.25) is 0 Å². The molecule has 0 bridgehead atoms. The lowest BCUT2D eigenvalue weighted by atomic mass is 9.97. The van der Waals surface area contributed by atoms with Crippen LogP contribution in [0.4, 0.5) is 8.78 Å². The Labute approximate surface area is 140 Å². The van der Waals surface area contributed by atoms with Crippen LogP contribution in [0.3, 0.4) is 0 Å². The summed E-state index contributed by atoms with van der Waals surface area (Å²) in [6, 6.07) is 7.38. The molecular weight excluding hydrogens is 312 g/mol. The predicted molar refractivity (Wildman–Crippen MR) is 86.7 cm³/mol. The topological polar surface area (TPSA) is 47.0 Å². The zero-order valence-corrected chi connectivity index (χ0v) is 13.5. The largest absolute Gasteiger partial charge is 0.373 e. The molecule has 0 aromatic carbocycles. The fourth-order valence-corrected chi connectivity index (χ4v) is 3.00. The summed E-state index contributed by atoms with van der Waals surface area (Å²) in [4.78, 5) is 7.98. The number of halogens is 2. The molecule has 0 saturated carbocycles. The Kier molecular flexibility index (Phi) is 5.48. The van der Waals surface area contributed by atoms with Gasteiger partial charge in [-0.05, 0) is 43.0 Å². The summed E-state index contributed by atoms with van der Waals surface area (Å²) in [7, 11) is 0. The van der Waals surface area contributed by atoms with E-state index < -0.39 is 6.43 Å². The van der Waals surface area contributed by atoms with E-state index in [1.807, 2.05) is 25.3 Å². The Balaban J connectivity index is 1.60. The molecular formula is C18H21F2N3O. The van der Waals surface area contributed by atoms with Crippen LogP contribution in [0, 0.1) is 0 Å². The number of hydrogen-bond donors (Lipinski definition) is 1. The first-order valence-corrected chi connectivity index (χ1v) is 8.15. The van der Waals surface area contributed by atoms with E-state index in [0.29, 0.717) is 12.6 Å². The number of pyridine rings is 2. The normalized spacial score (nSPS) is 22.5. The van der Waals surface area contributed by atoms with Crippen molar-refractivity contribution in [2.24, 2.45) is 0 Å². The lowest BCUT2D eigenvalue weighted by molar-refractivity contribution is -0.00160. The van der Waals surface area contributed by atoms with Crippen LogP contribution in [-0.2, 0) is 4.74 Å². The number of nitrogens with zero attached hydrogens (tertiary/aromatic N) is 2. The summed E-state index contributed by atoms with van der Waals surface area (Å²) in [6.45, 7) is 2.71. The minimum absolute atomic E-state index is 0.0384. The first kappa shape index (κ1) is 16.9. The van der Waals surface area contributed by atoms with Gasteiger partial charge in [0, 0.05) is 37.3 Å². The molecule has 0 amide bonds. The minimum Gasteiger partial charge on any atom is -0.373 e. The Hall–Kier alpha value is -1.92. The van der Waals surface area contributed by atoms with Gasteiger partial charge in [-0.15, -0.1) is 0 Å². The van der Waals surface area contributed by atoms with E-state index in [-0.39, 0.29) is 17.8 Å². The average Bonchev–Trinajstić information content (AvgIpc) is 2.63. The van der Waals surface area contributed by atoms with Crippen molar-refractivity contribution in [3.8, 4) is 0 Å². The van der Waals surface area contributed by atoms with Gasteiger partial charge >= 0.3 is 0 Å². The van der Waals surface area contributed by atoms with Crippen LogP contribution in [0.25, 0.3) is 0 Å². The van der Waals surface area contributed by atoms with Gasteiger partial charge in [0.15, 0.2) is 0 Å².